The molecule has 1 aliphatic heterocycles. The third kappa shape index (κ3) is 3.44. The third-order valence-electron chi connectivity index (χ3n) is 5.64. The second-order valence-corrected chi connectivity index (χ2v) is 7.86. The van der Waals surface area contributed by atoms with Gasteiger partial charge in [-0.3, -0.25) is 0 Å². The Kier molecular flexibility index (Phi) is 4.96. The SMILES string of the molecule is CC(C)c1cc2c3c(c1)c(C(F)(F)F)c(CCc1ccccc1)n3CCNC2. The molecule has 28 heavy (non-hydrogen) atoms. The van der Waals surface area contributed by atoms with Gasteiger partial charge in [0.25, 0.3) is 0 Å². The van der Waals surface area contributed by atoms with Crippen LogP contribution >= 0.6 is 0 Å². The van der Waals surface area contributed by atoms with E-state index in [9.17, 15) is 13.2 Å². The monoisotopic (exact) mass is 386 g/mol. The van der Waals surface area contributed by atoms with E-state index in [0.717, 1.165) is 22.2 Å². The smallest absolute Gasteiger partial charge is 0.342 e. The largest absolute Gasteiger partial charge is 0.418 e. The summed E-state index contributed by atoms with van der Waals surface area (Å²) < 4.78 is 44.6. The molecule has 0 unspecified atom stereocenters. The van der Waals surface area contributed by atoms with Crippen molar-refractivity contribution in [1.29, 1.82) is 0 Å². The van der Waals surface area contributed by atoms with Crippen molar-refractivity contribution >= 4 is 10.9 Å². The van der Waals surface area contributed by atoms with Gasteiger partial charge in [-0.05, 0) is 41.5 Å². The van der Waals surface area contributed by atoms with Gasteiger partial charge in [0, 0.05) is 30.7 Å². The molecule has 5 heteroatoms. The minimum Gasteiger partial charge on any atom is -0.342 e. The number of rotatable bonds is 4. The summed E-state index contributed by atoms with van der Waals surface area (Å²) in [5.74, 6) is 0.182. The number of hydrogen-bond acceptors (Lipinski definition) is 1. The van der Waals surface area contributed by atoms with Crippen molar-refractivity contribution in [2.24, 2.45) is 0 Å². The fourth-order valence-corrected chi connectivity index (χ4v) is 4.27. The molecule has 0 spiro atoms. The second-order valence-electron chi connectivity index (χ2n) is 7.86. The number of benzene rings is 2. The molecular weight excluding hydrogens is 361 g/mol. The molecule has 0 atom stereocenters. The van der Waals surface area contributed by atoms with E-state index in [1.165, 1.54) is 0 Å². The Hall–Kier alpha value is -2.27. The maximum absolute atomic E-state index is 14.2. The highest BCUT2D eigenvalue weighted by Gasteiger charge is 2.39. The lowest BCUT2D eigenvalue weighted by molar-refractivity contribution is -0.137. The number of nitrogens with one attached hydrogen (secondary N) is 1. The molecule has 4 rings (SSSR count). The van der Waals surface area contributed by atoms with E-state index in [-0.39, 0.29) is 5.92 Å². The number of aryl methyl sites for hydroxylation is 1. The van der Waals surface area contributed by atoms with Crippen LogP contribution < -0.4 is 5.32 Å². The van der Waals surface area contributed by atoms with Crippen molar-refractivity contribution in [2.75, 3.05) is 6.54 Å². The Bertz CT molecular complexity index is 985. The highest BCUT2D eigenvalue weighted by molar-refractivity contribution is 5.90. The molecule has 2 heterocycles. The van der Waals surface area contributed by atoms with E-state index < -0.39 is 11.7 Å². The molecule has 0 bridgehead atoms. The molecule has 0 amide bonds. The molecular formula is C23H25F3N2. The van der Waals surface area contributed by atoms with Crippen molar-refractivity contribution in [3.8, 4) is 0 Å². The molecule has 0 aliphatic carbocycles. The van der Waals surface area contributed by atoms with Gasteiger partial charge in [-0.25, -0.2) is 0 Å². The number of halogens is 3. The third-order valence-corrected chi connectivity index (χ3v) is 5.64. The van der Waals surface area contributed by atoms with E-state index in [2.05, 4.69) is 11.4 Å². The van der Waals surface area contributed by atoms with Crippen molar-refractivity contribution in [2.45, 2.75) is 51.9 Å². The summed E-state index contributed by atoms with van der Waals surface area (Å²) in [7, 11) is 0. The molecule has 0 saturated heterocycles. The Balaban J connectivity index is 1.92. The lowest BCUT2D eigenvalue weighted by atomic mass is 9.96. The summed E-state index contributed by atoms with van der Waals surface area (Å²) in [6.45, 7) is 5.89. The zero-order valence-corrected chi connectivity index (χ0v) is 16.2. The molecule has 0 fully saturated rings. The van der Waals surface area contributed by atoms with E-state index in [1.807, 2.05) is 48.7 Å². The van der Waals surface area contributed by atoms with Gasteiger partial charge in [-0.2, -0.15) is 13.2 Å². The van der Waals surface area contributed by atoms with Gasteiger partial charge in [0.15, 0.2) is 0 Å². The van der Waals surface area contributed by atoms with Crippen LogP contribution in [0.2, 0.25) is 0 Å². The molecule has 148 valence electrons. The topological polar surface area (TPSA) is 17.0 Å². The molecule has 3 aromatic rings. The van der Waals surface area contributed by atoms with Gasteiger partial charge in [0.1, 0.15) is 0 Å². The van der Waals surface area contributed by atoms with Gasteiger partial charge < -0.3 is 9.88 Å². The normalized spacial score (nSPS) is 14.6. The Morgan fingerprint density at radius 3 is 2.50 bits per heavy atom. The minimum absolute atomic E-state index is 0.182. The zero-order chi connectivity index (χ0) is 19.9. The van der Waals surface area contributed by atoms with Crippen LogP contribution in [-0.2, 0) is 32.1 Å². The van der Waals surface area contributed by atoms with E-state index in [0.29, 0.717) is 43.6 Å². The molecule has 2 nitrogen and oxygen atoms in total. The number of nitrogens with zero attached hydrogens (tertiary/aromatic N) is 1. The molecule has 0 radical (unpaired) electrons. The number of hydrogen-bond donors (Lipinski definition) is 1. The van der Waals surface area contributed by atoms with Crippen molar-refractivity contribution in [3.63, 3.8) is 0 Å². The lowest BCUT2D eigenvalue weighted by Gasteiger charge is -2.13. The van der Waals surface area contributed by atoms with Gasteiger partial charge in [-0.15, -0.1) is 0 Å². The zero-order valence-electron chi connectivity index (χ0n) is 16.2. The first-order chi connectivity index (χ1) is 13.4. The average Bonchev–Trinajstić information content (AvgIpc) is 2.81. The highest BCUT2D eigenvalue weighted by Crippen LogP contribution is 2.42. The first kappa shape index (κ1) is 19.1. The van der Waals surface area contributed by atoms with Crippen LogP contribution in [0.1, 0.15) is 47.7 Å². The van der Waals surface area contributed by atoms with Crippen LogP contribution in [0.4, 0.5) is 13.2 Å². The summed E-state index contributed by atoms with van der Waals surface area (Å²) in [4.78, 5) is 0. The summed E-state index contributed by atoms with van der Waals surface area (Å²) in [5.41, 5.74) is 3.72. The lowest BCUT2D eigenvalue weighted by Crippen LogP contribution is -2.18. The predicted octanol–water partition coefficient (Wildman–Crippen LogP) is 5.67. The van der Waals surface area contributed by atoms with Crippen LogP contribution in [0.25, 0.3) is 10.9 Å². The second kappa shape index (κ2) is 7.28. The predicted molar refractivity (Wildman–Crippen MR) is 107 cm³/mol. The van der Waals surface area contributed by atoms with Gasteiger partial charge in [-0.1, -0.05) is 50.2 Å². The fourth-order valence-electron chi connectivity index (χ4n) is 4.27. The highest BCUT2D eigenvalue weighted by atomic mass is 19.4. The van der Waals surface area contributed by atoms with Gasteiger partial charge in [0.05, 0.1) is 11.1 Å². The summed E-state index contributed by atoms with van der Waals surface area (Å²) >= 11 is 0. The maximum Gasteiger partial charge on any atom is 0.418 e. The average molecular weight is 386 g/mol. The Morgan fingerprint density at radius 2 is 1.82 bits per heavy atom. The maximum atomic E-state index is 14.2. The van der Waals surface area contributed by atoms with Gasteiger partial charge in [0.2, 0.25) is 0 Å². The van der Waals surface area contributed by atoms with Crippen molar-refractivity contribution < 1.29 is 13.2 Å². The summed E-state index contributed by atoms with van der Waals surface area (Å²) in [6.07, 6.45) is -3.39. The van der Waals surface area contributed by atoms with Crippen LogP contribution in [0, 0.1) is 0 Å². The first-order valence-electron chi connectivity index (χ1n) is 9.86. The molecule has 1 N–H and O–H groups in total. The minimum atomic E-state index is -4.37. The van der Waals surface area contributed by atoms with E-state index >= 15 is 0 Å². The van der Waals surface area contributed by atoms with Crippen molar-refractivity contribution in [3.05, 3.63) is 70.4 Å². The van der Waals surface area contributed by atoms with Crippen LogP contribution in [-0.4, -0.2) is 11.1 Å². The van der Waals surface area contributed by atoms with Crippen molar-refractivity contribution in [1.82, 2.24) is 9.88 Å². The Labute approximate surface area is 163 Å². The summed E-state index contributed by atoms with van der Waals surface area (Å²) in [6, 6.07) is 13.6. The summed E-state index contributed by atoms with van der Waals surface area (Å²) in [5, 5.41) is 3.73. The fraction of sp³-hybridized carbons (Fsp3) is 0.391. The molecule has 0 saturated carbocycles. The Morgan fingerprint density at radius 1 is 1.07 bits per heavy atom. The van der Waals surface area contributed by atoms with E-state index in [1.54, 1.807) is 6.07 Å². The first-order valence-corrected chi connectivity index (χ1v) is 9.86. The van der Waals surface area contributed by atoms with Crippen LogP contribution in [0.3, 0.4) is 0 Å². The van der Waals surface area contributed by atoms with Crippen LogP contribution in [0.5, 0.6) is 0 Å². The number of aromatic nitrogens is 1. The van der Waals surface area contributed by atoms with Crippen LogP contribution in [0.15, 0.2) is 42.5 Å². The standard InChI is InChI=1S/C23H25F3N2/c1-15(2)17-12-18-14-27-10-11-28-20(9-8-16-6-4-3-5-7-16)21(23(24,25)26)19(13-17)22(18)28/h3-7,12-13,15,27H,8-11,14H2,1-2H3. The molecule has 2 aromatic carbocycles. The molecule has 1 aromatic heterocycles. The molecule has 1 aliphatic rings. The quantitative estimate of drug-likeness (QED) is 0.611. The van der Waals surface area contributed by atoms with Gasteiger partial charge >= 0.3 is 6.18 Å². The van der Waals surface area contributed by atoms with E-state index in [4.69, 9.17) is 0 Å². The number of alkyl halides is 3.